The van der Waals surface area contributed by atoms with Gasteiger partial charge in [0.05, 0.1) is 23.8 Å². The van der Waals surface area contributed by atoms with Gasteiger partial charge in [0.2, 0.25) is 0 Å². The first-order valence-electron chi connectivity index (χ1n) is 7.26. The van der Waals surface area contributed by atoms with Gasteiger partial charge >= 0.3 is 0 Å². The Labute approximate surface area is 119 Å². The molecule has 20 heavy (non-hydrogen) atoms. The second kappa shape index (κ2) is 5.15. The molecule has 0 spiro atoms. The number of aromatic nitrogens is 1. The van der Waals surface area contributed by atoms with E-state index in [1.165, 1.54) is 0 Å². The summed E-state index contributed by atoms with van der Waals surface area (Å²) in [5.74, 6) is 0.490. The third kappa shape index (κ3) is 2.21. The molecule has 1 aliphatic rings. The molecule has 3 heteroatoms. The van der Waals surface area contributed by atoms with E-state index in [1.807, 2.05) is 30.3 Å². The summed E-state index contributed by atoms with van der Waals surface area (Å²) in [6, 6.07) is 9.93. The standard InChI is InChI=1S/C17H21NO2/c1-10-11(2)20-12(3)16(10)17(19)14-6-7-15-13(9-14)5-4-8-18-15/h4-12,16-17,19H,1-3H3. The third-order valence-electron chi connectivity index (χ3n) is 4.65. The van der Waals surface area contributed by atoms with Gasteiger partial charge in [-0.05, 0) is 43.5 Å². The maximum absolute atomic E-state index is 10.7. The molecular weight excluding hydrogens is 250 g/mol. The van der Waals surface area contributed by atoms with Crippen LogP contribution in [0.3, 0.4) is 0 Å². The van der Waals surface area contributed by atoms with Gasteiger partial charge in [0.1, 0.15) is 0 Å². The third-order valence-corrected chi connectivity index (χ3v) is 4.65. The van der Waals surface area contributed by atoms with Crippen molar-refractivity contribution in [2.45, 2.75) is 39.1 Å². The Hall–Kier alpha value is -1.45. The number of aliphatic hydroxyl groups excluding tert-OH is 1. The van der Waals surface area contributed by atoms with E-state index in [1.54, 1.807) is 6.20 Å². The Morgan fingerprint density at radius 3 is 2.65 bits per heavy atom. The molecule has 1 saturated heterocycles. The number of pyridine rings is 1. The summed E-state index contributed by atoms with van der Waals surface area (Å²) >= 11 is 0. The zero-order valence-electron chi connectivity index (χ0n) is 12.2. The van der Waals surface area contributed by atoms with Gasteiger partial charge in [-0.2, -0.15) is 0 Å². The number of fused-ring (bicyclic) bond motifs is 1. The summed E-state index contributed by atoms with van der Waals surface area (Å²) in [6.45, 7) is 6.29. The van der Waals surface area contributed by atoms with Crippen molar-refractivity contribution < 1.29 is 9.84 Å². The van der Waals surface area contributed by atoms with Crippen molar-refractivity contribution in [1.29, 1.82) is 0 Å². The second-order valence-corrected chi connectivity index (χ2v) is 5.88. The zero-order chi connectivity index (χ0) is 14.3. The minimum Gasteiger partial charge on any atom is -0.388 e. The fraction of sp³-hybridized carbons (Fsp3) is 0.471. The van der Waals surface area contributed by atoms with E-state index >= 15 is 0 Å². The van der Waals surface area contributed by atoms with E-state index in [4.69, 9.17) is 4.74 Å². The Morgan fingerprint density at radius 2 is 1.95 bits per heavy atom. The van der Waals surface area contributed by atoms with E-state index < -0.39 is 6.10 Å². The minimum absolute atomic E-state index is 0.0830. The monoisotopic (exact) mass is 271 g/mol. The Kier molecular flexibility index (Phi) is 3.48. The number of ether oxygens (including phenoxy) is 1. The van der Waals surface area contributed by atoms with Crippen LogP contribution in [0.5, 0.6) is 0 Å². The normalized spacial score (nSPS) is 31.6. The zero-order valence-corrected chi connectivity index (χ0v) is 12.2. The fourth-order valence-electron chi connectivity index (χ4n) is 3.34. The van der Waals surface area contributed by atoms with Gasteiger partial charge in [0.25, 0.3) is 0 Å². The summed E-state index contributed by atoms with van der Waals surface area (Å²) in [7, 11) is 0. The highest BCUT2D eigenvalue weighted by Gasteiger charge is 2.41. The van der Waals surface area contributed by atoms with Crippen molar-refractivity contribution in [2.75, 3.05) is 0 Å². The highest BCUT2D eigenvalue weighted by atomic mass is 16.5. The van der Waals surface area contributed by atoms with Gasteiger partial charge in [-0.25, -0.2) is 0 Å². The Balaban J connectivity index is 1.94. The van der Waals surface area contributed by atoms with E-state index in [-0.39, 0.29) is 18.1 Å². The number of hydrogen-bond acceptors (Lipinski definition) is 3. The van der Waals surface area contributed by atoms with Crippen LogP contribution >= 0.6 is 0 Å². The number of rotatable bonds is 2. The van der Waals surface area contributed by atoms with Crippen molar-refractivity contribution >= 4 is 10.9 Å². The smallest absolute Gasteiger partial charge is 0.0846 e. The van der Waals surface area contributed by atoms with Crippen LogP contribution in [0, 0.1) is 11.8 Å². The molecule has 5 atom stereocenters. The van der Waals surface area contributed by atoms with Crippen LogP contribution in [0.25, 0.3) is 10.9 Å². The molecule has 0 amide bonds. The van der Waals surface area contributed by atoms with Gasteiger partial charge < -0.3 is 9.84 Å². The molecule has 106 valence electrons. The topological polar surface area (TPSA) is 42.4 Å². The van der Waals surface area contributed by atoms with E-state index in [0.717, 1.165) is 16.5 Å². The summed E-state index contributed by atoms with van der Waals surface area (Å²) in [6.07, 6.45) is 1.58. The minimum atomic E-state index is -0.491. The van der Waals surface area contributed by atoms with Crippen LogP contribution in [0.2, 0.25) is 0 Å². The molecule has 5 unspecified atom stereocenters. The first-order valence-corrected chi connectivity index (χ1v) is 7.26. The summed E-state index contributed by atoms with van der Waals surface area (Å²) in [5, 5.41) is 11.8. The lowest BCUT2D eigenvalue weighted by atomic mass is 9.82. The molecule has 1 aliphatic heterocycles. The van der Waals surface area contributed by atoms with Crippen LogP contribution in [-0.4, -0.2) is 22.3 Å². The summed E-state index contributed by atoms with van der Waals surface area (Å²) in [5.41, 5.74) is 1.91. The average Bonchev–Trinajstić information content (AvgIpc) is 2.71. The van der Waals surface area contributed by atoms with Crippen molar-refractivity contribution in [2.24, 2.45) is 11.8 Å². The van der Waals surface area contributed by atoms with Gasteiger partial charge in [0, 0.05) is 17.5 Å². The fourth-order valence-corrected chi connectivity index (χ4v) is 3.34. The van der Waals surface area contributed by atoms with Crippen molar-refractivity contribution in [3.8, 4) is 0 Å². The van der Waals surface area contributed by atoms with Crippen molar-refractivity contribution in [1.82, 2.24) is 4.98 Å². The number of aliphatic hydroxyl groups is 1. The lowest BCUT2D eigenvalue weighted by Crippen LogP contribution is -2.24. The van der Waals surface area contributed by atoms with Gasteiger partial charge in [0.15, 0.2) is 0 Å². The molecule has 3 rings (SSSR count). The van der Waals surface area contributed by atoms with Crippen LogP contribution in [0.1, 0.15) is 32.4 Å². The molecule has 1 aromatic heterocycles. The molecule has 0 aliphatic carbocycles. The molecule has 1 N–H and O–H groups in total. The van der Waals surface area contributed by atoms with Crippen molar-refractivity contribution in [3.05, 3.63) is 42.1 Å². The summed E-state index contributed by atoms with van der Waals surface area (Å²) < 4.78 is 5.84. The predicted molar refractivity (Wildman–Crippen MR) is 79.4 cm³/mol. The Bertz CT molecular complexity index is 613. The lowest BCUT2D eigenvalue weighted by Gasteiger charge is -2.25. The molecule has 3 nitrogen and oxygen atoms in total. The molecule has 1 aromatic carbocycles. The van der Waals surface area contributed by atoms with Crippen LogP contribution in [0.4, 0.5) is 0 Å². The average molecular weight is 271 g/mol. The number of benzene rings is 1. The quantitative estimate of drug-likeness (QED) is 0.911. The number of nitrogens with zero attached hydrogens (tertiary/aromatic N) is 1. The molecule has 1 fully saturated rings. The molecule has 0 radical (unpaired) electrons. The Morgan fingerprint density at radius 1 is 1.15 bits per heavy atom. The highest BCUT2D eigenvalue weighted by Crippen LogP contribution is 2.40. The lowest BCUT2D eigenvalue weighted by molar-refractivity contribution is 0.0231. The molecular formula is C17H21NO2. The molecule has 0 saturated carbocycles. The predicted octanol–water partition coefficient (Wildman–Crippen LogP) is 3.33. The van der Waals surface area contributed by atoms with Crippen LogP contribution < -0.4 is 0 Å². The first kappa shape index (κ1) is 13.5. The molecule has 0 bridgehead atoms. The van der Waals surface area contributed by atoms with Gasteiger partial charge in [-0.15, -0.1) is 0 Å². The van der Waals surface area contributed by atoms with Crippen LogP contribution in [0.15, 0.2) is 36.5 Å². The van der Waals surface area contributed by atoms with Gasteiger partial charge in [-0.1, -0.05) is 19.1 Å². The second-order valence-electron chi connectivity index (χ2n) is 5.88. The highest BCUT2D eigenvalue weighted by molar-refractivity contribution is 5.79. The SMILES string of the molecule is CC1OC(C)C(C(O)c2ccc3ncccc3c2)C1C. The van der Waals surface area contributed by atoms with E-state index in [0.29, 0.717) is 5.92 Å². The molecule has 2 heterocycles. The van der Waals surface area contributed by atoms with Gasteiger partial charge in [-0.3, -0.25) is 4.98 Å². The van der Waals surface area contributed by atoms with E-state index in [2.05, 4.69) is 25.8 Å². The van der Waals surface area contributed by atoms with Crippen LogP contribution in [-0.2, 0) is 4.74 Å². The maximum atomic E-state index is 10.7. The molecule has 2 aromatic rings. The van der Waals surface area contributed by atoms with Crippen molar-refractivity contribution in [3.63, 3.8) is 0 Å². The first-order chi connectivity index (χ1) is 9.58. The number of hydrogen-bond donors (Lipinski definition) is 1. The largest absolute Gasteiger partial charge is 0.388 e. The summed E-state index contributed by atoms with van der Waals surface area (Å²) in [4.78, 5) is 4.31. The van der Waals surface area contributed by atoms with E-state index in [9.17, 15) is 5.11 Å². The maximum Gasteiger partial charge on any atom is 0.0846 e.